The molecular formula is C28H21NO5. The molecule has 0 aliphatic carbocycles. The van der Waals surface area contributed by atoms with Crippen molar-refractivity contribution in [3.05, 3.63) is 126 Å². The Morgan fingerprint density at radius 1 is 0.706 bits per heavy atom. The molecule has 6 heteroatoms. The molecule has 34 heavy (non-hydrogen) atoms. The zero-order valence-corrected chi connectivity index (χ0v) is 18.1. The maximum Gasteiger partial charge on any atom is 0.426 e. The zero-order valence-electron chi connectivity index (χ0n) is 18.1. The van der Waals surface area contributed by atoms with Gasteiger partial charge in [-0.25, -0.2) is 9.69 Å². The van der Waals surface area contributed by atoms with Crippen molar-refractivity contribution < 1.29 is 23.9 Å². The van der Waals surface area contributed by atoms with Gasteiger partial charge in [-0.1, -0.05) is 84.9 Å². The zero-order chi connectivity index (χ0) is 23.8. The van der Waals surface area contributed by atoms with Crippen molar-refractivity contribution >= 4 is 24.2 Å². The number of imide groups is 1. The van der Waals surface area contributed by atoms with E-state index in [9.17, 15) is 14.4 Å². The number of fused-ring (bicyclic) bond motifs is 1. The van der Waals surface area contributed by atoms with E-state index in [4.69, 9.17) is 4.74 Å². The highest BCUT2D eigenvalue weighted by Crippen LogP contribution is 2.41. The first kappa shape index (κ1) is 22.5. The molecule has 0 fully saturated rings. The average molecular weight is 451 g/mol. The van der Waals surface area contributed by atoms with Gasteiger partial charge in [-0.3, -0.25) is 9.59 Å². The number of ether oxygens (including phenoxy) is 2. The van der Waals surface area contributed by atoms with Crippen LogP contribution in [0.25, 0.3) is 0 Å². The van der Waals surface area contributed by atoms with Gasteiger partial charge in [-0.05, 0) is 41.5 Å². The molecule has 5 rings (SSSR count). The lowest BCUT2D eigenvalue weighted by Gasteiger charge is -2.16. The summed E-state index contributed by atoms with van der Waals surface area (Å²) < 4.78 is 9.90. The summed E-state index contributed by atoms with van der Waals surface area (Å²) in [6, 6.07) is 34.4. The Morgan fingerprint density at radius 3 is 1.85 bits per heavy atom. The number of hydrogen-bond acceptors (Lipinski definition) is 5. The van der Waals surface area contributed by atoms with Crippen LogP contribution in [0.3, 0.4) is 0 Å². The van der Waals surface area contributed by atoms with E-state index in [1.54, 1.807) is 54.6 Å². The van der Waals surface area contributed by atoms with Gasteiger partial charge in [0.25, 0.3) is 6.47 Å². The van der Waals surface area contributed by atoms with Crippen LogP contribution in [0.4, 0.5) is 10.5 Å². The summed E-state index contributed by atoms with van der Waals surface area (Å²) in [6.45, 7) is 0.412. The monoisotopic (exact) mass is 451 g/mol. The van der Waals surface area contributed by atoms with Crippen LogP contribution in [0, 0.1) is 0 Å². The summed E-state index contributed by atoms with van der Waals surface area (Å²) in [6.07, 6.45) is -0.693. The van der Waals surface area contributed by atoms with Gasteiger partial charge in [0, 0.05) is 0 Å². The highest BCUT2D eigenvalue weighted by atomic mass is 16.6. The van der Waals surface area contributed by atoms with Crippen LogP contribution in [0.1, 0.15) is 17.0 Å². The lowest BCUT2D eigenvalue weighted by molar-refractivity contribution is -0.121. The molecule has 0 bridgehead atoms. The van der Waals surface area contributed by atoms with Crippen molar-refractivity contribution in [2.45, 2.75) is 5.92 Å². The number of benzene rings is 4. The van der Waals surface area contributed by atoms with Crippen LogP contribution in [-0.4, -0.2) is 18.5 Å². The van der Waals surface area contributed by atoms with E-state index in [0.29, 0.717) is 23.7 Å². The fourth-order valence-electron chi connectivity index (χ4n) is 3.66. The molecule has 1 heterocycles. The molecule has 0 N–H and O–H groups in total. The van der Waals surface area contributed by atoms with Gasteiger partial charge < -0.3 is 9.47 Å². The Bertz CT molecular complexity index is 1260. The molecule has 1 aliphatic rings. The Labute approximate surface area is 197 Å². The largest absolute Gasteiger partial charge is 0.429 e. The van der Waals surface area contributed by atoms with E-state index < -0.39 is 12.0 Å². The Balaban J connectivity index is 0.000000257. The first-order chi connectivity index (χ1) is 16.7. The second-order valence-electron chi connectivity index (χ2n) is 7.28. The second-order valence-corrected chi connectivity index (χ2v) is 7.28. The average Bonchev–Trinajstić information content (AvgIpc) is 3.18. The molecule has 4 aromatic carbocycles. The van der Waals surface area contributed by atoms with Crippen molar-refractivity contribution in [1.82, 2.24) is 0 Å². The van der Waals surface area contributed by atoms with Gasteiger partial charge in [0.2, 0.25) is 5.91 Å². The summed E-state index contributed by atoms with van der Waals surface area (Å²) in [5.74, 6) is 0.183. The molecule has 0 unspecified atom stereocenters. The topological polar surface area (TPSA) is 72.9 Å². The standard InChI is InChI=1S/C21H15NO3.C7H6O2/c23-20-19(15-9-3-1-4-10-15)17-13-7-8-14-18(17)22(20)21(24)25-16-11-5-2-6-12-16;8-6-9-7-4-2-1-3-5-7/h1-14,19H;1-6H/t19-;/m1./s1. The first-order valence-corrected chi connectivity index (χ1v) is 10.6. The quantitative estimate of drug-likeness (QED) is 0.379. The van der Waals surface area contributed by atoms with E-state index in [-0.39, 0.29) is 5.91 Å². The van der Waals surface area contributed by atoms with Gasteiger partial charge in [0.15, 0.2) is 0 Å². The maximum atomic E-state index is 13.0. The Kier molecular flexibility index (Phi) is 7.10. The number of hydrogen-bond donors (Lipinski definition) is 0. The third kappa shape index (κ3) is 5.02. The number of para-hydroxylation sites is 3. The number of anilines is 1. The van der Waals surface area contributed by atoms with Crippen LogP contribution >= 0.6 is 0 Å². The third-order valence-corrected chi connectivity index (χ3v) is 5.15. The first-order valence-electron chi connectivity index (χ1n) is 10.6. The Hall–Kier alpha value is -4.71. The minimum Gasteiger partial charge on any atom is -0.429 e. The second kappa shape index (κ2) is 10.7. The molecule has 0 saturated carbocycles. The molecule has 4 aromatic rings. The van der Waals surface area contributed by atoms with E-state index in [1.807, 2.05) is 60.7 Å². The van der Waals surface area contributed by atoms with Crippen LogP contribution in [-0.2, 0) is 9.59 Å². The lowest BCUT2D eigenvalue weighted by Crippen LogP contribution is -2.37. The summed E-state index contributed by atoms with van der Waals surface area (Å²) >= 11 is 0. The van der Waals surface area contributed by atoms with Gasteiger partial charge in [-0.15, -0.1) is 0 Å². The molecule has 2 amide bonds. The van der Waals surface area contributed by atoms with Crippen LogP contribution in [0.15, 0.2) is 115 Å². The third-order valence-electron chi connectivity index (χ3n) is 5.15. The number of amides is 2. The normalized spacial score (nSPS) is 13.8. The van der Waals surface area contributed by atoms with Gasteiger partial charge in [0.05, 0.1) is 11.6 Å². The SMILES string of the molecule is O=C(Oc1ccccc1)N1C(=O)[C@H](c2ccccc2)c2ccccc21.O=COc1ccccc1. The molecule has 0 aromatic heterocycles. The number of carbonyl (C=O) groups is 3. The number of rotatable bonds is 4. The minimum absolute atomic E-state index is 0.298. The Morgan fingerprint density at radius 2 is 1.24 bits per heavy atom. The highest BCUT2D eigenvalue weighted by Gasteiger charge is 2.42. The van der Waals surface area contributed by atoms with Gasteiger partial charge in [-0.2, -0.15) is 0 Å². The van der Waals surface area contributed by atoms with Crippen molar-refractivity contribution in [2.24, 2.45) is 0 Å². The van der Waals surface area contributed by atoms with E-state index in [1.165, 1.54) is 0 Å². The van der Waals surface area contributed by atoms with Crippen molar-refractivity contribution in [1.29, 1.82) is 0 Å². The van der Waals surface area contributed by atoms with Crippen molar-refractivity contribution in [2.75, 3.05) is 4.90 Å². The maximum absolute atomic E-state index is 13.0. The summed E-state index contributed by atoms with van der Waals surface area (Å²) in [4.78, 5) is 36.5. The van der Waals surface area contributed by atoms with Crippen LogP contribution < -0.4 is 14.4 Å². The highest BCUT2D eigenvalue weighted by molar-refractivity contribution is 6.20. The predicted octanol–water partition coefficient (Wildman–Crippen LogP) is 5.59. The van der Waals surface area contributed by atoms with Crippen molar-refractivity contribution in [3.8, 4) is 11.5 Å². The van der Waals surface area contributed by atoms with E-state index in [0.717, 1.165) is 16.0 Å². The van der Waals surface area contributed by atoms with E-state index in [2.05, 4.69) is 4.74 Å². The molecule has 168 valence electrons. The van der Waals surface area contributed by atoms with E-state index >= 15 is 0 Å². The van der Waals surface area contributed by atoms with Gasteiger partial charge in [0.1, 0.15) is 11.5 Å². The summed E-state index contributed by atoms with van der Waals surface area (Å²) in [5, 5.41) is 0. The summed E-state index contributed by atoms with van der Waals surface area (Å²) in [7, 11) is 0. The molecule has 0 saturated heterocycles. The fraction of sp³-hybridized carbons (Fsp3) is 0.0357. The van der Waals surface area contributed by atoms with Gasteiger partial charge >= 0.3 is 6.09 Å². The molecular weight excluding hydrogens is 430 g/mol. The fourth-order valence-corrected chi connectivity index (χ4v) is 3.66. The lowest BCUT2D eigenvalue weighted by atomic mass is 9.93. The minimum atomic E-state index is -0.693. The molecule has 0 spiro atoms. The molecule has 1 aliphatic heterocycles. The number of carbonyl (C=O) groups excluding carboxylic acids is 3. The molecule has 1 atom stereocenters. The summed E-state index contributed by atoms with van der Waals surface area (Å²) in [5.41, 5.74) is 2.24. The predicted molar refractivity (Wildman–Crippen MR) is 128 cm³/mol. The van der Waals surface area contributed by atoms with Crippen molar-refractivity contribution in [3.63, 3.8) is 0 Å². The van der Waals surface area contributed by atoms with Crippen LogP contribution in [0.2, 0.25) is 0 Å². The smallest absolute Gasteiger partial charge is 0.426 e. The van der Waals surface area contributed by atoms with Crippen LogP contribution in [0.5, 0.6) is 11.5 Å². The molecule has 6 nitrogen and oxygen atoms in total. The number of nitrogens with zero attached hydrogens (tertiary/aromatic N) is 1. The molecule has 0 radical (unpaired) electrons.